The lowest BCUT2D eigenvalue weighted by Crippen LogP contribution is -2.52. The Labute approximate surface area is 109 Å². The normalized spacial score (nSPS) is 15.8. The highest BCUT2D eigenvalue weighted by Gasteiger charge is 2.32. The molecule has 0 bridgehead atoms. The number of nitro groups is 1. The van der Waals surface area contributed by atoms with Crippen molar-refractivity contribution >= 4 is 23.3 Å². The number of nitro benzene ring substituents is 1. The molecular formula is C12H13N3O4. The quantitative estimate of drug-likeness (QED) is 0.614. The van der Waals surface area contributed by atoms with Gasteiger partial charge in [-0.05, 0) is 13.0 Å². The predicted octanol–water partition coefficient (Wildman–Crippen LogP) is 1.77. The summed E-state index contributed by atoms with van der Waals surface area (Å²) >= 11 is 0. The average Bonchev–Trinajstić information content (AvgIpc) is 2.39. The van der Waals surface area contributed by atoms with E-state index in [9.17, 15) is 19.7 Å². The van der Waals surface area contributed by atoms with Crippen LogP contribution in [0, 0.1) is 10.1 Å². The van der Waals surface area contributed by atoms with Crippen LogP contribution in [0.25, 0.3) is 0 Å². The summed E-state index contributed by atoms with van der Waals surface area (Å²) in [5.41, 5.74) is 0.0917. The molecule has 100 valence electrons. The summed E-state index contributed by atoms with van der Waals surface area (Å²) in [5.74, 6) is -0.338. The van der Waals surface area contributed by atoms with Gasteiger partial charge in [-0.2, -0.15) is 0 Å². The van der Waals surface area contributed by atoms with Gasteiger partial charge in [0, 0.05) is 31.6 Å². The van der Waals surface area contributed by atoms with Crippen molar-refractivity contribution in [2.24, 2.45) is 0 Å². The molecule has 0 aromatic heterocycles. The lowest BCUT2D eigenvalue weighted by atomic mass is 10.2. The van der Waals surface area contributed by atoms with Crippen LogP contribution >= 0.6 is 0 Å². The molecule has 1 aromatic rings. The number of anilines is 1. The van der Waals surface area contributed by atoms with Gasteiger partial charge < -0.3 is 4.90 Å². The molecule has 1 fully saturated rings. The van der Waals surface area contributed by atoms with Crippen LogP contribution in [-0.2, 0) is 4.79 Å². The number of urea groups is 1. The molecule has 0 spiro atoms. The molecule has 1 saturated heterocycles. The number of carbonyl (C=O) groups is 2. The maximum atomic E-state index is 12.1. The summed E-state index contributed by atoms with van der Waals surface area (Å²) in [5, 5.41) is 10.7. The highest BCUT2D eigenvalue weighted by Crippen LogP contribution is 2.24. The minimum atomic E-state index is -0.556. The number of amides is 3. The van der Waals surface area contributed by atoms with E-state index in [1.165, 1.54) is 29.2 Å². The number of benzene rings is 1. The third kappa shape index (κ3) is 2.40. The number of imide groups is 1. The lowest BCUT2D eigenvalue weighted by molar-refractivity contribution is -0.384. The zero-order valence-electron chi connectivity index (χ0n) is 10.4. The Kier molecular flexibility index (Phi) is 3.46. The molecule has 1 heterocycles. The summed E-state index contributed by atoms with van der Waals surface area (Å²) in [6.45, 7) is 2.70. The van der Waals surface area contributed by atoms with E-state index in [1.54, 1.807) is 0 Å². The van der Waals surface area contributed by atoms with Gasteiger partial charge in [0.05, 0.1) is 10.6 Å². The number of non-ortho nitro benzene ring substituents is 1. The second-order valence-corrected chi connectivity index (χ2v) is 4.12. The first-order valence-electron chi connectivity index (χ1n) is 5.91. The number of hydrogen-bond donors (Lipinski definition) is 0. The Balaban J connectivity index is 2.38. The Morgan fingerprint density at radius 1 is 1.37 bits per heavy atom. The first kappa shape index (κ1) is 13.0. The van der Waals surface area contributed by atoms with Gasteiger partial charge in [-0.15, -0.1) is 0 Å². The minimum absolute atomic E-state index is 0.147. The molecule has 0 aliphatic carbocycles. The number of carbonyl (C=O) groups excluding carboxylic acids is 2. The summed E-state index contributed by atoms with van der Waals surface area (Å²) in [7, 11) is 0. The fraction of sp³-hybridized carbons (Fsp3) is 0.333. The smallest absolute Gasteiger partial charge is 0.324 e. The third-order valence-electron chi connectivity index (χ3n) is 2.99. The average molecular weight is 263 g/mol. The molecule has 0 N–H and O–H groups in total. The zero-order chi connectivity index (χ0) is 14.0. The van der Waals surface area contributed by atoms with Gasteiger partial charge >= 0.3 is 6.03 Å². The lowest BCUT2D eigenvalue weighted by Gasteiger charge is -2.33. The largest absolute Gasteiger partial charge is 0.331 e. The fourth-order valence-corrected chi connectivity index (χ4v) is 1.98. The molecule has 1 aliphatic heterocycles. The van der Waals surface area contributed by atoms with Crippen LogP contribution in [0.2, 0.25) is 0 Å². The minimum Gasteiger partial charge on any atom is -0.324 e. The third-order valence-corrected chi connectivity index (χ3v) is 2.99. The van der Waals surface area contributed by atoms with E-state index >= 15 is 0 Å². The van der Waals surface area contributed by atoms with Crippen molar-refractivity contribution in [1.82, 2.24) is 4.90 Å². The first-order chi connectivity index (χ1) is 9.04. The molecule has 7 nitrogen and oxygen atoms in total. The molecular weight excluding hydrogens is 250 g/mol. The van der Waals surface area contributed by atoms with Crippen molar-refractivity contribution in [3.05, 3.63) is 34.4 Å². The van der Waals surface area contributed by atoms with Gasteiger partial charge in [0.15, 0.2) is 0 Å². The van der Waals surface area contributed by atoms with Gasteiger partial charge in [-0.25, -0.2) is 9.69 Å². The Bertz CT molecular complexity index is 544. The monoisotopic (exact) mass is 263 g/mol. The highest BCUT2D eigenvalue weighted by atomic mass is 16.6. The molecule has 7 heteroatoms. The molecule has 0 atom stereocenters. The summed E-state index contributed by atoms with van der Waals surface area (Å²) < 4.78 is 0. The van der Waals surface area contributed by atoms with E-state index in [1.807, 2.05) is 6.92 Å². The van der Waals surface area contributed by atoms with Crippen molar-refractivity contribution in [3.8, 4) is 0 Å². The van der Waals surface area contributed by atoms with E-state index in [4.69, 9.17) is 0 Å². The summed E-state index contributed by atoms with van der Waals surface area (Å²) in [6.07, 6.45) is 0.224. The molecule has 1 aromatic carbocycles. The van der Waals surface area contributed by atoms with E-state index in [0.717, 1.165) is 4.90 Å². The Hall–Kier alpha value is -2.44. The van der Waals surface area contributed by atoms with Crippen LogP contribution in [0.15, 0.2) is 24.3 Å². The van der Waals surface area contributed by atoms with Crippen LogP contribution in [0.5, 0.6) is 0 Å². The van der Waals surface area contributed by atoms with Crippen molar-refractivity contribution in [3.63, 3.8) is 0 Å². The number of nitrogens with zero attached hydrogens (tertiary/aromatic N) is 3. The van der Waals surface area contributed by atoms with Gasteiger partial charge in [-0.3, -0.25) is 14.9 Å². The first-order valence-corrected chi connectivity index (χ1v) is 5.91. The van der Waals surface area contributed by atoms with Crippen LogP contribution < -0.4 is 4.90 Å². The summed E-state index contributed by atoms with van der Waals surface area (Å²) in [6, 6.07) is 5.09. The van der Waals surface area contributed by atoms with E-state index in [0.29, 0.717) is 13.1 Å². The molecule has 2 rings (SSSR count). The van der Waals surface area contributed by atoms with Crippen molar-refractivity contribution in [1.29, 1.82) is 0 Å². The highest BCUT2D eigenvalue weighted by molar-refractivity contribution is 6.15. The second-order valence-electron chi connectivity index (χ2n) is 4.12. The van der Waals surface area contributed by atoms with Crippen LogP contribution in [0.3, 0.4) is 0 Å². The van der Waals surface area contributed by atoms with Crippen LogP contribution in [0.4, 0.5) is 16.2 Å². The van der Waals surface area contributed by atoms with Crippen molar-refractivity contribution in [2.45, 2.75) is 13.3 Å². The predicted molar refractivity (Wildman–Crippen MR) is 67.8 cm³/mol. The topological polar surface area (TPSA) is 83.8 Å². The number of rotatable bonds is 3. The maximum Gasteiger partial charge on any atom is 0.331 e. The van der Waals surface area contributed by atoms with Crippen molar-refractivity contribution < 1.29 is 14.5 Å². The van der Waals surface area contributed by atoms with E-state index < -0.39 is 11.0 Å². The molecule has 1 aliphatic rings. The summed E-state index contributed by atoms with van der Waals surface area (Å²) in [4.78, 5) is 36.7. The van der Waals surface area contributed by atoms with Crippen LogP contribution in [0.1, 0.15) is 13.3 Å². The van der Waals surface area contributed by atoms with Gasteiger partial charge in [0.25, 0.3) is 5.69 Å². The fourth-order valence-electron chi connectivity index (χ4n) is 1.98. The zero-order valence-corrected chi connectivity index (χ0v) is 10.4. The van der Waals surface area contributed by atoms with Crippen molar-refractivity contribution in [2.75, 3.05) is 18.0 Å². The molecule has 0 radical (unpaired) electrons. The standard InChI is InChI=1S/C12H13N3O4/c1-2-13-7-6-11(16)14(12(13)17)9-4-3-5-10(8-9)15(18)19/h3-5,8H,2,6-7H2,1H3. The van der Waals surface area contributed by atoms with Gasteiger partial charge in [0.2, 0.25) is 5.91 Å². The van der Waals surface area contributed by atoms with Gasteiger partial charge in [0.1, 0.15) is 0 Å². The Morgan fingerprint density at radius 3 is 2.74 bits per heavy atom. The molecule has 19 heavy (non-hydrogen) atoms. The van der Waals surface area contributed by atoms with Gasteiger partial charge in [-0.1, -0.05) is 6.07 Å². The van der Waals surface area contributed by atoms with E-state index in [2.05, 4.69) is 0 Å². The van der Waals surface area contributed by atoms with E-state index in [-0.39, 0.29) is 23.7 Å². The van der Waals surface area contributed by atoms with Crippen LogP contribution in [-0.4, -0.2) is 34.9 Å². The second kappa shape index (κ2) is 5.05. The SMILES string of the molecule is CCN1CCC(=O)N(c2cccc([N+](=O)[O-])c2)C1=O. The Morgan fingerprint density at radius 2 is 2.11 bits per heavy atom. The molecule has 3 amide bonds. The number of hydrogen-bond acceptors (Lipinski definition) is 4. The molecule has 0 saturated carbocycles. The molecule has 0 unspecified atom stereocenters. The maximum absolute atomic E-state index is 12.1.